The molecule has 1 aromatic heterocycles. The Hall–Kier alpha value is -3.18. The second kappa shape index (κ2) is 12.3. The fourth-order valence-corrected chi connectivity index (χ4v) is 2.31. The van der Waals surface area contributed by atoms with Crippen molar-refractivity contribution in [2.24, 2.45) is 0 Å². The first kappa shape index (κ1) is 22.9. The zero-order chi connectivity index (χ0) is 20.9. The number of aromatic nitrogens is 3. The van der Waals surface area contributed by atoms with Gasteiger partial charge in [0, 0.05) is 18.7 Å². The molecular formula is C17H21N5O5S. The third-order valence-corrected chi connectivity index (χ3v) is 3.67. The van der Waals surface area contributed by atoms with Gasteiger partial charge < -0.3 is 15.5 Å². The van der Waals surface area contributed by atoms with Crippen LogP contribution in [0.25, 0.3) is 0 Å². The number of carboxylic acid groups (broad SMARTS) is 2. The minimum Gasteiger partial charge on any atom is -0.478 e. The van der Waals surface area contributed by atoms with Crippen LogP contribution in [0.1, 0.15) is 11.4 Å². The maximum absolute atomic E-state index is 11.9. The second-order valence-electron chi connectivity index (χ2n) is 5.20. The summed E-state index contributed by atoms with van der Waals surface area (Å²) in [5.41, 5.74) is 3.91. The first-order chi connectivity index (χ1) is 13.3. The third kappa shape index (κ3) is 8.96. The predicted molar refractivity (Wildman–Crippen MR) is 103 cm³/mol. The molecule has 10 nitrogen and oxygen atoms in total. The summed E-state index contributed by atoms with van der Waals surface area (Å²) in [6.07, 6.45) is 3.00. The lowest BCUT2D eigenvalue weighted by Gasteiger charge is -2.09. The van der Waals surface area contributed by atoms with Crippen LogP contribution in [-0.2, 0) is 20.9 Å². The minimum atomic E-state index is -1.26. The molecule has 0 spiro atoms. The first-order valence-corrected chi connectivity index (χ1v) is 9.20. The van der Waals surface area contributed by atoms with Crippen LogP contribution in [0.15, 0.2) is 47.6 Å². The number of nitrogens with one attached hydrogen (secondary N) is 2. The van der Waals surface area contributed by atoms with Gasteiger partial charge in [-0.2, -0.15) is 0 Å². The van der Waals surface area contributed by atoms with Crippen LogP contribution in [-0.4, -0.2) is 55.7 Å². The van der Waals surface area contributed by atoms with Gasteiger partial charge in [0.1, 0.15) is 5.82 Å². The maximum atomic E-state index is 11.9. The highest BCUT2D eigenvalue weighted by Gasteiger charge is 2.10. The van der Waals surface area contributed by atoms with Crippen LogP contribution < -0.4 is 10.7 Å². The summed E-state index contributed by atoms with van der Waals surface area (Å²) in [4.78, 5) is 31.0. The molecule has 150 valence electrons. The van der Waals surface area contributed by atoms with Crippen LogP contribution in [0.3, 0.4) is 0 Å². The fraction of sp³-hybridized carbons (Fsp3) is 0.235. The van der Waals surface area contributed by atoms with Crippen molar-refractivity contribution in [3.8, 4) is 0 Å². The van der Waals surface area contributed by atoms with Gasteiger partial charge in [-0.25, -0.2) is 14.3 Å². The lowest BCUT2D eigenvalue weighted by Crippen LogP contribution is -2.33. The molecule has 0 fully saturated rings. The zero-order valence-electron chi connectivity index (χ0n) is 15.3. The lowest BCUT2D eigenvalue weighted by atomic mass is 10.2. The summed E-state index contributed by atoms with van der Waals surface area (Å²) in [6.45, 7) is 2.69. The Balaban J connectivity index is 0.000000416. The number of thioether (sulfide) groups is 1. The summed E-state index contributed by atoms with van der Waals surface area (Å²) in [6, 6.07) is 9.95. The Bertz CT molecular complexity index is 807. The standard InChI is InChI=1S/C13H17N5OS.C4H4O4/c1-10-15-16-13(20-2)18(10)17-12(19)9-14-8-11-6-4-3-5-7-11;5-3(6)1-2-4(7)8/h3-7,14H,8-9H2,1-2H3,(H,17,19);1-2H,(H,5,6)(H,7,8)/b;2-1+. The zero-order valence-corrected chi connectivity index (χ0v) is 16.1. The summed E-state index contributed by atoms with van der Waals surface area (Å²) >= 11 is 1.43. The topological polar surface area (TPSA) is 146 Å². The van der Waals surface area contributed by atoms with Crippen molar-refractivity contribution < 1.29 is 24.6 Å². The van der Waals surface area contributed by atoms with Crippen LogP contribution in [0, 0.1) is 6.92 Å². The van der Waals surface area contributed by atoms with E-state index in [1.54, 1.807) is 11.6 Å². The molecule has 0 aliphatic carbocycles. The molecule has 0 saturated heterocycles. The van der Waals surface area contributed by atoms with E-state index in [9.17, 15) is 14.4 Å². The molecule has 2 aromatic rings. The molecule has 1 amide bonds. The van der Waals surface area contributed by atoms with E-state index in [0.717, 1.165) is 5.56 Å². The Kier molecular flexibility index (Phi) is 10.0. The minimum absolute atomic E-state index is 0.126. The van der Waals surface area contributed by atoms with E-state index in [0.29, 0.717) is 29.7 Å². The summed E-state index contributed by atoms with van der Waals surface area (Å²) in [5, 5.41) is 27.3. The number of aliphatic carboxylic acids is 2. The van der Waals surface area contributed by atoms with Gasteiger partial charge in [0.15, 0.2) is 0 Å². The Morgan fingerprint density at radius 3 is 2.25 bits per heavy atom. The Labute approximate surface area is 165 Å². The van der Waals surface area contributed by atoms with Crippen molar-refractivity contribution in [2.45, 2.75) is 18.6 Å². The van der Waals surface area contributed by atoms with Crippen molar-refractivity contribution >= 4 is 29.6 Å². The van der Waals surface area contributed by atoms with E-state index in [-0.39, 0.29) is 12.5 Å². The van der Waals surface area contributed by atoms with Crippen LogP contribution in [0.5, 0.6) is 0 Å². The van der Waals surface area contributed by atoms with Crippen molar-refractivity contribution in [3.05, 3.63) is 53.9 Å². The smallest absolute Gasteiger partial charge is 0.328 e. The molecule has 0 aliphatic heterocycles. The van der Waals surface area contributed by atoms with Crippen molar-refractivity contribution in [2.75, 3.05) is 18.2 Å². The van der Waals surface area contributed by atoms with E-state index < -0.39 is 11.9 Å². The monoisotopic (exact) mass is 407 g/mol. The molecule has 4 N–H and O–H groups in total. The number of amides is 1. The molecule has 2 rings (SSSR count). The number of benzene rings is 1. The van der Waals surface area contributed by atoms with Gasteiger partial charge in [-0.1, -0.05) is 42.1 Å². The van der Waals surface area contributed by atoms with Gasteiger partial charge in [-0.3, -0.25) is 10.2 Å². The largest absolute Gasteiger partial charge is 0.478 e. The van der Waals surface area contributed by atoms with E-state index in [4.69, 9.17) is 10.2 Å². The number of carbonyl (C=O) groups is 3. The molecule has 1 heterocycles. The van der Waals surface area contributed by atoms with Gasteiger partial charge in [-0.05, 0) is 18.7 Å². The van der Waals surface area contributed by atoms with Crippen LogP contribution in [0.4, 0.5) is 0 Å². The number of carbonyl (C=O) groups excluding carboxylic acids is 1. The average molecular weight is 407 g/mol. The molecule has 0 bridgehead atoms. The van der Waals surface area contributed by atoms with Gasteiger partial charge >= 0.3 is 11.9 Å². The number of hydrogen-bond donors (Lipinski definition) is 4. The lowest BCUT2D eigenvalue weighted by molar-refractivity contribution is -0.134. The number of rotatable bonds is 8. The number of aryl methyl sites for hydroxylation is 1. The van der Waals surface area contributed by atoms with Crippen molar-refractivity contribution in [1.82, 2.24) is 20.2 Å². The van der Waals surface area contributed by atoms with Gasteiger partial charge in [0.05, 0.1) is 6.54 Å². The third-order valence-electron chi connectivity index (χ3n) is 3.04. The van der Waals surface area contributed by atoms with E-state index in [1.165, 1.54) is 11.8 Å². The molecule has 0 aliphatic rings. The molecule has 0 unspecified atom stereocenters. The van der Waals surface area contributed by atoms with Gasteiger partial charge in [0.2, 0.25) is 5.16 Å². The number of hydrogen-bond acceptors (Lipinski definition) is 7. The second-order valence-corrected chi connectivity index (χ2v) is 5.98. The van der Waals surface area contributed by atoms with Crippen LogP contribution >= 0.6 is 11.8 Å². The Morgan fingerprint density at radius 1 is 1.11 bits per heavy atom. The van der Waals surface area contributed by atoms with Crippen LogP contribution in [0.2, 0.25) is 0 Å². The van der Waals surface area contributed by atoms with Crippen molar-refractivity contribution in [3.63, 3.8) is 0 Å². The first-order valence-electron chi connectivity index (χ1n) is 7.98. The van der Waals surface area contributed by atoms with E-state index in [1.807, 2.05) is 36.6 Å². The van der Waals surface area contributed by atoms with E-state index in [2.05, 4.69) is 20.9 Å². The number of carboxylic acids is 2. The number of nitrogens with zero attached hydrogens (tertiary/aromatic N) is 3. The fourth-order valence-electron chi connectivity index (χ4n) is 1.83. The predicted octanol–water partition coefficient (Wildman–Crippen LogP) is 0.880. The molecule has 28 heavy (non-hydrogen) atoms. The summed E-state index contributed by atoms with van der Waals surface area (Å²) < 4.78 is 1.59. The SMILES string of the molecule is CSc1nnc(C)n1NC(=O)CNCc1ccccc1.O=C(O)/C=C/C(=O)O. The molecule has 0 saturated carbocycles. The highest BCUT2D eigenvalue weighted by molar-refractivity contribution is 7.98. The van der Waals surface area contributed by atoms with Gasteiger partial charge in [0.25, 0.3) is 5.91 Å². The molecule has 0 atom stereocenters. The molecule has 11 heteroatoms. The van der Waals surface area contributed by atoms with Crippen molar-refractivity contribution in [1.29, 1.82) is 0 Å². The Morgan fingerprint density at radius 2 is 1.71 bits per heavy atom. The van der Waals surface area contributed by atoms with E-state index >= 15 is 0 Å². The average Bonchev–Trinajstić information content (AvgIpc) is 3.01. The normalized spacial score (nSPS) is 10.2. The highest BCUT2D eigenvalue weighted by atomic mass is 32.2. The highest BCUT2D eigenvalue weighted by Crippen LogP contribution is 2.10. The quantitative estimate of drug-likeness (QED) is 0.370. The van der Waals surface area contributed by atoms with Gasteiger partial charge in [-0.15, -0.1) is 10.2 Å². The molecule has 0 radical (unpaired) electrons. The molecule has 1 aromatic carbocycles. The molecular weight excluding hydrogens is 386 g/mol. The maximum Gasteiger partial charge on any atom is 0.328 e. The summed E-state index contributed by atoms with van der Waals surface area (Å²) in [7, 11) is 0. The summed E-state index contributed by atoms with van der Waals surface area (Å²) in [5.74, 6) is -1.98.